The predicted octanol–water partition coefficient (Wildman–Crippen LogP) is 3.43. The summed E-state index contributed by atoms with van der Waals surface area (Å²) < 4.78 is 20.4. The number of hydrogen-bond donors (Lipinski definition) is 1. The van der Waals surface area contributed by atoms with E-state index in [1.54, 1.807) is 36.1 Å². The molecule has 1 unspecified atom stereocenters. The topological polar surface area (TPSA) is 77.9 Å². The lowest BCUT2D eigenvalue weighted by Gasteiger charge is -2.41. The maximum atomic E-state index is 12.9. The number of benzene rings is 2. The lowest BCUT2D eigenvalue weighted by Crippen LogP contribution is -2.51. The normalized spacial score (nSPS) is 19.9. The molecule has 1 aliphatic heterocycles. The van der Waals surface area contributed by atoms with E-state index in [2.05, 4.69) is 0 Å². The Hall–Kier alpha value is -2.51. The summed E-state index contributed by atoms with van der Waals surface area (Å²) in [4.78, 5) is 29.0. The third kappa shape index (κ3) is 3.36. The second-order valence-electron chi connectivity index (χ2n) is 7.44. The van der Waals surface area contributed by atoms with E-state index in [1.165, 1.54) is 0 Å². The average Bonchev–Trinajstić information content (AvgIpc) is 3.51. The third-order valence-corrected chi connectivity index (χ3v) is 6.01. The van der Waals surface area contributed by atoms with Crippen LogP contribution in [-0.4, -0.2) is 33.2 Å². The molecule has 1 aliphatic carbocycles. The molecule has 0 aromatic heterocycles. The first-order valence-electron chi connectivity index (χ1n) is 9.33. The first kappa shape index (κ1) is 18.8. The molecule has 2 aliphatic rings. The van der Waals surface area contributed by atoms with Crippen molar-refractivity contribution < 1.29 is 18.4 Å². The van der Waals surface area contributed by atoms with Gasteiger partial charge in [0.15, 0.2) is 11.1 Å². The van der Waals surface area contributed by atoms with Gasteiger partial charge in [-0.2, -0.15) is 0 Å². The number of carbonyl (C=O) groups excluding carboxylic acids is 2. The zero-order chi connectivity index (χ0) is 20.0. The van der Waals surface area contributed by atoms with Gasteiger partial charge in [-0.3, -0.25) is 9.59 Å². The van der Waals surface area contributed by atoms with Crippen molar-refractivity contribution in [1.29, 1.82) is 0 Å². The highest BCUT2D eigenvalue weighted by Crippen LogP contribution is 2.42. The van der Waals surface area contributed by atoms with E-state index in [0.717, 1.165) is 35.3 Å². The van der Waals surface area contributed by atoms with Crippen molar-refractivity contribution in [3.05, 3.63) is 42.5 Å². The molecule has 1 saturated carbocycles. The summed E-state index contributed by atoms with van der Waals surface area (Å²) in [5.41, 5.74) is 3.26. The largest absolute Gasteiger partial charge is 0.308 e. The van der Waals surface area contributed by atoms with Crippen molar-refractivity contribution in [2.45, 2.75) is 37.6 Å². The zero-order valence-corrected chi connectivity index (χ0v) is 16.6. The van der Waals surface area contributed by atoms with Crippen LogP contribution in [0.5, 0.6) is 0 Å². The fourth-order valence-electron chi connectivity index (χ4n) is 3.81. The van der Waals surface area contributed by atoms with Crippen molar-refractivity contribution in [3.63, 3.8) is 0 Å². The fraction of sp³-hybridized carbons (Fsp3) is 0.333. The molecule has 146 valence electrons. The van der Waals surface area contributed by atoms with Crippen LogP contribution in [0.15, 0.2) is 47.4 Å². The Morgan fingerprint density at radius 2 is 1.68 bits per heavy atom. The molecule has 1 fully saturated rings. The second kappa shape index (κ2) is 7.14. The van der Waals surface area contributed by atoms with Gasteiger partial charge in [-0.15, -0.1) is 0 Å². The Bertz CT molecular complexity index is 969. The van der Waals surface area contributed by atoms with Gasteiger partial charge in [-0.05, 0) is 55.2 Å². The first-order chi connectivity index (χ1) is 13.4. The Balaban J connectivity index is 1.78. The smallest absolute Gasteiger partial charge is 0.230 e. The molecule has 28 heavy (non-hydrogen) atoms. The van der Waals surface area contributed by atoms with Crippen molar-refractivity contribution >= 4 is 34.3 Å². The van der Waals surface area contributed by atoms with Crippen LogP contribution in [0.4, 0.5) is 11.4 Å². The van der Waals surface area contributed by atoms with Crippen LogP contribution in [0.2, 0.25) is 0 Å². The van der Waals surface area contributed by atoms with Crippen molar-refractivity contribution in [3.8, 4) is 11.1 Å². The van der Waals surface area contributed by atoms with Crippen LogP contribution in [0.3, 0.4) is 0 Å². The van der Waals surface area contributed by atoms with Crippen molar-refractivity contribution in [2.75, 3.05) is 16.3 Å². The maximum Gasteiger partial charge on any atom is 0.230 e. The maximum absolute atomic E-state index is 12.9. The van der Waals surface area contributed by atoms with E-state index >= 15 is 0 Å². The van der Waals surface area contributed by atoms with Crippen LogP contribution < -0.4 is 9.80 Å². The summed E-state index contributed by atoms with van der Waals surface area (Å²) in [6, 6.07) is 12.4. The second-order valence-corrected chi connectivity index (χ2v) is 8.41. The van der Waals surface area contributed by atoms with Gasteiger partial charge in [-0.25, -0.2) is 4.21 Å². The third-order valence-electron chi connectivity index (χ3n) is 5.33. The number of amides is 2. The van der Waals surface area contributed by atoms with Gasteiger partial charge >= 0.3 is 0 Å². The predicted molar refractivity (Wildman–Crippen MR) is 109 cm³/mol. The molecule has 6 nitrogen and oxygen atoms in total. The summed E-state index contributed by atoms with van der Waals surface area (Å²) in [6.07, 6.45) is 1.85. The summed E-state index contributed by atoms with van der Waals surface area (Å²) in [5, 5.41) is 0. The Morgan fingerprint density at radius 3 is 2.25 bits per heavy atom. The highest BCUT2D eigenvalue weighted by atomic mass is 32.2. The molecule has 1 heterocycles. The first-order valence-corrected chi connectivity index (χ1v) is 10.4. The SMILES string of the molecule is CC(=O)N1c2ccc(-c3ccc(S(=O)O)cc3)cc2N(C(=O)C2CC2)C[C@@H]1C. The Morgan fingerprint density at radius 1 is 1.04 bits per heavy atom. The van der Waals surface area contributed by atoms with Crippen LogP contribution >= 0.6 is 0 Å². The number of fused-ring (bicyclic) bond motifs is 1. The van der Waals surface area contributed by atoms with E-state index in [0.29, 0.717) is 11.4 Å². The molecule has 7 heteroatoms. The van der Waals surface area contributed by atoms with E-state index < -0.39 is 11.1 Å². The average molecular weight is 398 g/mol. The Labute approximate surface area is 166 Å². The molecule has 2 atom stereocenters. The van der Waals surface area contributed by atoms with Gasteiger partial charge in [0.2, 0.25) is 11.8 Å². The van der Waals surface area contributed by atoms with E-state index in [1.807, 2.05) is 30.0 Å². The number of hydrogen-bond acceptors (Lipinski definition) is 3. The minimum atomic E-state index is -2.02. The highest BCUT2D eigenvalue weighted by molar-refractivity contribution is 7.79. The molecular formula is C21H22N2O4S. The minimum absolute atomic E-state index is 0.0465. The molecule has 2 aromatic carbocycles. The summed E-state index contributed by atoms with van der Waals surface area (Å²) in [6.45, 7) is 3.98. The molecule has 0 saturated heterocycles. The lowest BCUT2D eigenvalue weighted by molar-refractivity contribution is -0.120. The van der Waals surface area contributed by atoms with Gasteiger partial charge in [0.1, 0.15) is 0 Å². The van der Waals surface area contributed by atoms with Gasteiger partial charge in [0, 0.05) is 19.4 Å². The summed E-state index contributed by atoms with van der Waals surface area (Å²) >= 11 is -2.02. The van der Waals surface area contributed by atoms with Crippen LogP contribution in [0, 0.1) is 5.92 Å². The number of carbonyl (C=O) groups is 2. The molecule has 1 N–H and O–H groups in total. The van der Waals surface area contributed by atoms with E-state index in [-0.39, 0.29) is 23.8 Å². The van der Waals surface area contributed by atoms with Gasteiger partial charge < -0.3 is 14.4 Å². The number of anilines is 2. The zero-order valence-electron chi connectivity index (χ0n) is 15.8. The van der Waals surface area contributed by atoms with Crippen LogP contribution in [-0.2, 0) is 20.7 Å². The summed E-state index contributed by atoms with van der Waals surface area (Å²) in [7, 11) is 0. The van der Waals surface area contributed by atoms with Crippen molar-refractivity contribution in [2.24, 2.45) is 5.92 Å². The summed E-state index contributed by atoms with van der Waals surface area (Å²) in [5.74, 6) is 0.167. The quantitative estimate of drug-likeness (QED) is 0.804. The fourth-order valence-corrected chi connectivity index (χ4v) is 4.18. The van der Waals surface area contributed by atoms with Crippen LogP contribution in [0.25, 0.3) is 11.1 Å². The minimum Gasteiger partial charge on any atom is -0.308 e. The van der Waals surface area contributed by atoms with E-state index in [9.17, 15) is 18.4 Å². The molecule has 4 rings (SSSR count). The molecule has 2 amide bonds. The Kier molecular flexibility index (Phi) is 4.81. The van der Waals surface area contributed by atoms with Gasteiger partial charge in [-0.1, -0.05) is 18.2 Å². The van der Waals surface area contributed by atoms with E-state index in [4.69, 9.17) is 0 Å². The highest BCUT2D eigenvalue weighted by Gasteiger charge is 2.39. The molecule has 2 aromatic rings. The van der Waals surface area contributed by atoms with Gasteiger partial charge in [0.25, 0.3) is 0 Å². The standard InChI is InChI=1S/C21H22N2O4S/c1-13-12-22(21(25)16-3-4-16)20-11-17(7-10-19(20)23(13)14(2)24)15-5-8-18(9-6-15)28(26)27/h5-11,13,16H,3-4,12H2,1-2H3,(H,26,27)/t13-/m0/s1. The van der Waals surface area contributed by atoms with Crippen LogP contribution in [0.1, 0.15) is 26.7 Å². The molecule has 0 spiro atoms. The van der Waals surface area contributed by atoms with Gasteiger partial charge in [0.05, 0.1) is 22.3 Å². The number of rotatable bonds is 3. The molecule has 0 bridgehead atoms. The molecular weight excluding hydrogens is 376 g/mol. The molecule has 0 radical (unpaired) electrons. The monoisotopic (exact) mass is 398 g/mol. The lowest BCUT2D eigenvalue weighted by atomic mass is 10.00. The number of nitrogens with zero attached hydrogens (tertiary/aromatic N) is 2. The van der Waals surface area contributed by atoms with Crippen molar-refractivity contribution in [1.82, 2.24) is 0 Å².